The van der Waals surface area contributed by atoms with Gasteiger partial charge in [-0.15, -0.1) is 0 Å². The monoisotopic (exact) mass is 224 g/mol. The number of hydrogen-bond acceptors (Lipinski definition) is 1. The molecule has 2 rings (SSSR count). The SMILES string of the molecule is Cc1cn(-c2ccccc2Cl)c(=S)[nH]1. The first-order valence-corrected chi connectivity index (χ1v) is 5.00. The molecule has 0 radical (unpaired) electrons. The van der Waals surface area contributed by atoms with E-state index in [1.165, 1.54) is 0 Å². The van der Waals surface area contributed by atoms with Gasteiger partial charge in [0.05, 0.1) is 10.7 Å². The second kappa shape index (κ2) is 3.59. The summed E-state index contributed by atoms with van der Waals surface area (Å²) in [5, 5.41) is 0.697. The fourth-order valence-corrected chi connectivity index (χ4v) is 1.88. The van der Waals surface area contributed by atoms with Crippen LogP contribution in [0, 0.1) is 11.7 Å². The Kier molecular flexibility index (Phi) is 2.44. The van der Waals surface area contributed by atoms with Gasteiger partial charge in [-0.25, -0.2) is 0 Å². The van der Waals surface area contributed by atoms with Gasteiger partial charge in [0.15, 0.2) is 4.77 Å². The van der Waals surface area contributed by atoms with E-state index in [-0.39, 0.29) is 0 Å². The standard InChI is InChI=1S/C10H9ClN2S/c1-7-6-13(10(14)12-7)9-5-3-2-4-8(9)11/h2-6H,1H3,(H,12,14). The molecule has 0 spiro atoms. The summed E-state index contributed by atoms with van der Waals surface area (Å²) in [6, 6.07) is 7.62. The lowest BCUT2D eigenvalue weighted by atomic mass is 10.3. The van der Waals surface area contributed by atoms with Crippen LogP contribution in [0.4, 0.5) is 0 Å². The minimum Gasteiger partial charge on any atom is -0.335 e. The Hall–Kier alpha value is -1.06. The lowest BCUT2D eigenvalue weighted by Crippen LogP contribution is -1.92. The van der Waals surface area contributed by atoms with E-state index in [4.69, 9.17) is 23.8 Å². The largest absolute Gasteiger partial charge is 0.335 e. The lowest BCUT2D eigenvalue weighted by molar-refractivity contribution is 1.03. The Morgan fingerprint density at radius 3 is 2.64 bits per heavy atom. The topological polar surface area (TPSA) is 20.7 Å². The average molecular weight is 225 g/mol. The summed E-state index contributed by atoms with van der Waals surface area (Å²) in [6.45, 7) is 1.96. The van der Waals surface area contributed by atoms with Crippen molar-refractivity contribution in [3.8, 4) is 5.69 Å². The average Bonchev–Trinajstić information content (AvgIpc) is 2.46. The first-order valence-electron chi connectivity index (χ1n) is 4.21. The maximum atomic E-state index is 6.06. The molecule has 0 fully saturated rings. The molecule has 0 unspecified atom stereocenters. The maximum absolute atomic E-state index is 6.06. The van der Waals surface area contributed by atoms with Crippen LogP contribution in [0.1, 0.15) is 5.69 Å². The molecule has 1 heterocycles. The van der Waals surface area contributed by atoms with Crippen LogP contribution in [0.2, 0.25) is 5.02 Å². The first-order chi connectivity index (χ1) is 6.68. The second-order valence-electron chi connectivity index (χ2n) is 3.06. The Labute approximate surface area is 92.2 Å². The summed E-state index contributed by atoms with van der Waals surface area (Å²) in [4.78, 5) is 3.05. The number of aryl methyl sites for hydroxylation is 1. The Bertz CT molecular complexity index is 513. The third-order valence-corrected chi connectivity index (χ3v) is 2.58. The smallest absolute Gasteiger partial charge is 0.182 e. The highest BCUT2D eigenvalue weighted by Gasteiger charge is 2.03. The van der Waals surface area contributed by atoms with Gasteiger partial charge in [0.25, 0.3) is 0 Å². The van der Waals surface area contributed by atoms with E-state index in [2.05, 4.69) is 4.98 Å². The van der Waals surface area contributed by atoms with Crippen molar-refractivity contribution in [2.24, 2.45) is 0 Å². The van der Waals surface area contributed by atoms with E-state index >= 15 is 0 Å². The normalized spacial score (nSPS) is 10.4. The van der Waals surface area contributed by atoms with Crippen LogP contribution in [0.15, 0.2) is 30.5 Å². The number of H-pyrrole nitrogens is 1. The molecule has 72 valence electrons. The summed E-state index contributed by atoms with van der Waals surface area (Å²) >= 11 is 11.2. The minimum absolute atomic E-state index is 0.663. The van der Waals surface area contributed by atoms with Gasteiger partial charge in [-0.1, -0.05) is 23.7 Å². The first kappa shape index (κ1) is 9.49. The van der Waals surface area contributed by atoms with Gasteiger partial charge < -0.3 is 4.98 Å². The Morgan fingerprint density at radius 2 is 2.07 bits per heavy atom. The zero-order valence-corrected chi connectivity index (χ0v) is 9.19. The zero-order valence-electron chi connectivity index (χ0n) is 7.62. The van der Waals surface area contributed by atoms with Crippen molar-refractivity contribution in [3.63, 3.8) is 0 Å². The molecule has 14 heavy (non-hydrogen) atoms. The van der Waals surface area contributed by atoms with Crippen LogP contribution in [0.25, 0.3) is 5.69 Å². The number of hydrogen-bond donors (Lipinski definition) is 1. The van der Waals surface area contributed by atoms with Crippen LogP contribution in [-0.4, -0.2) is 9.55 Å². The molecule has 0 bridgehead atoms. The van der Waals surface area contributed by atoms with Gasteiger partial charge in [-0.3, -0.25) is 4.57 Å². The van der Waals surface area contributed by atoms with E-state index in [0.29, 0.717) is 9.79 Å². The molecule has 0 aliphatic carbocycles. The number of imidazole rings is 1. The minimum atomic E-state index is 0.663. The van der Waals surface area contributed by atoms with E-state index in [1.54, 1.807) is 0 Å². The molecule has 2 nitrogen and oxygen atoms in total. The number of para-hydroxylation sites is 1. The zero-order chi connectivity index (χ0) is 10.1. The van der Waals surface area contributed by atoms with Crippen LogP contribution >= 0.6 is 23.8 Å². The van der Waals surface area contributed by atoms with Crippen LogP contribution in [-0.2, 0) is 0 Å². The van der Waals surface area contributed by atoms with Crippen molar-refractivity contribution in [2.45, 2.75) is 6.92 Å². The predicted molar refractivity (Wildman–Crippen MR) is 60.7 cm³/mol. The van der Waals surface area contributed by atoms with Gasteiger partial charge in [-0.05, 0) is 31.3 Å². The number of nitrogens with zero attached hydrogens (tertiary/aromatic N) is 1. The van der Waals surface area contributed by atoms with Crippen molar-refractivity contribution in [1.82, 2.24) is 9.55 Å². The predicted octanol–water partition coefficient (Wildman–Crippen LogP) is 3.50. The summed E-state index contributed by atoms with van der Waals surface area (Å²) in [7, 11) is 0. The van der Waals surface area contributed by atoms with E-state index in [1.807, 2.05) is 42.0 Å². The summed E-state index contributed by atoms with van der Waals surface area (Å²) in [5.74, 6) is 0. The molecule has 0 saturated carbocycles. The Balaban J connectivity index is 2.66. The summed E-state index contributed by atoms with van der Waals surface area (Å²) in [5.41, 5.74) is 1.93. The molecule has 1 N–H and O–H groups in total. The molecular formula is C10H9ClN2S. The van der Waals surface area contributed by atoms with Gasteiger partial charge in [0, 0.05) is 11.9 Å². The fraction of sp³-hybridized carbons (Fsp3) is 0.100. The molecule has 4 heteroatoms. The molecule has 1 aromatic carbocycles. The highest BCUT2D eigenvalue weighted by atomic mass is 35.5. The number of nitrogens with one attached hydrogen (secondary N) is 1. The second-order valence-corrected chi connectivity index (χ2v) is 3.86. The maximum Gasteiger partial charge on any atom is 0.182 e. The number of rotatable bonds is 1. The van der Waals surface area contributed by atoms with Crippen LogP contribution < -0.4 is 0 Å². The molecule has 0 aliphatic heterocycles. The molecule has 2 aromatic rings. The van der Waals surface area contributed by atoms with Crippen molar-refractivity contribution in [3.05, 3.63) is 45.9 Å². The number of aromatic nitrogens is 2. The van der Waals surface area contributed by atoms with Crippen molar-refractivity contribution in [1.29, 1.82) is 0 Å². The van der Waals surface area contributed by atoms with E-state index in [0.717, 1.165) is 11.4 Å². The van der Waals surface area contributed by atoms with Crippen LogP contribution in [0.5, 0.6) is 0 Å². The van der Waals surface area contributed by atoms with Gasteiger partial charge in [0.2, 0.25) is 0 Å². The third kappa shape index (κ3) is 1.61. The highest BCUT2D eigenvalue weighted by molar-refractivity contribution is 7.71. The summed E-state index contributed by atoms with van der Waals surface area (Å²) in [6.07, 6.45) is 1.93. The fourth-order valence-electron chi connectivity index (χ4n) is 1.34. The summed E-state index contributed by atoms with van der Waals surface area (Å²) < 4.78 is 2.53. The van der Waals surface area contributed by atoms with E-state index in [9.17, 15) is 0 Å². The van der Waals surface area contributed by atoms with Crippen molar-refractivity contribution < 1.29 is 0 Å². The number of halogens is 1. The van der Waals surface area contributed by atoms with Crippen LogP contribution in [0.3, 0.4) is 0 Å². The third-order valence-electron chi connectivity index (χ3n) is 1.96. The van der Waals surface area contributed by atoms with Crippen molar-refractivity contribution >= 4 is 23.8 Å². The highest BCUT2D eigenvalue weighted by Crippen LogP contribution is 2.20. The van der Waals surface area contributed by atoms with E-state index < -0.39 is 0 Å². The Morgan fingerprint density at radius 1 is 1.36 bits per heavy atom. The van der Waals surface area contributed by atoms with Gasteiger partial charge in [-0.2, -0.15) is 0 Å². The molecule has 1 aromatic heterocycles. The molecule has 0 saturated heterocycles. The molecule has 0 atom stereocenters. The quantitative estimate of drug-likeness (QED) is 0.736. The number of aromatic amines is 1. The number of benzene rings is 1. The van der Waals surface area contributed by atoms with Gasteiger partial charge >= 0.3 is 0 Å². The lowest BCUT2D eigenvalue weighted by Gasteiger charge is -2.03. The van der Waals surface area contributed by atoms with Gasteiger partial charge in [0.1, 0.15) is 0 Å². The molecule has 0 aliphatic rings. The van der Waals surface area contributed by atoms with Crippen molar-refractivity contribution in [2.75, 3.05) is 0 Å². The molecular weight excluding hydrogens is 216 g/mol. The molecule has 0 amide bonds.